The number of halogens is 2. The standard InChI is InChI=1S/C10H10Cl2N2OS/c1-5(9(13)16)14-10(15)7-4-6(11)2-3-8(7)12/h2-5H,1H3,(H2,13,16)(H,14,15). The van der Waals surface area contributed by atoms with Crippen LogP contribution in [0.5, 0.6) is 0 Å². The number of carbonyl (C=O) groups excluding carboxylic acids is 1. The molecule has 1 amide bonds. The molecule has 3 nitrogen and oxygen atoms in total. The van der Waals surface area contributed by atoms with Gasteiger partial charge in [-0.3, -0.25) is 4.79 Å². The normalized spacial score (nSPS) is 11.9. The Balaban J connectivity index is 2.88. The highest BCUT2D eigenvalue weighted by Crippen LogP contribution is 2.20. The van der Waals surface area contributed by atoms with Crippen molar-refractivity contribution < 1.29 is 4.79 Å². The van der Waals surface area contributed by atoms with E-state index in [4.69, 9.17) is 41.2 Å². The number of amides is 1. The molecule has 0 spiro atoms. The fraction of sp³-hybridized carbons (Fsp3) is 0.200. The van der Waals surface area contributed by atoms with Crippen LogP contribution in [0.1, 0.15) is 17.3 Å². The maximum absolute atomic E-state index is 11.8. The van der Waals surface area contributed by atoms with E-state index >= 15 is 0 Å². The number of benzene rings is 1. The van der Waals surface area contributed by atoms with E-state index in [1.807, 2.05) is 0 Å². The quantitative estimate of drug-likeness (QED) is 0.834. The Morgan fingerprint density at radius 2 is 2.12 bits per heavy atom. The summed E-state index contributed by atoms with van der Waals surface area (Å²) in [5.74, 6) is -0.354. The fourth-order valence-corrected chi connectivity index (χ4v) is 1.45. The summed E-state index contributed by atoms with van der Waals surface area (Å²) in [6.07, 6.45) is 0. The van der Waals surface area contributed by atoms with Crippen LogP contribution in [0.25, 0.3) is 0 Å². The molecule has 1 unspecified atom stereocenters. The van der Waals surface area contributed by atoms with Crippen molar-refractivity contribution in [2.24, 2.45) is 5.73 Å². The summed E-state index contributed by atoms with van der Waals surface area (Å²) in [6, 6.07) is 4.27. The first-order valence-corrected chi connectivity index (χ1v) is 5.63. The molecule has 0 saturated carbocycles. The number of thiocarbonyl (C=S) groups is 1. The molecule has 1 aromatic rings. The van der Waals surface area contributed by atoms with Crippen molar-refractivity contribution in [1.82, 2.24) is 5.32 Å². The molecule has 0 radical (unpaired) electrons. The van der Waals surface area contributed by atoms with Crippen molar-refractivity contribution in [3.05, 3.63) is 33.8 Å². The van der Waals surface area contributed by atoms with Crippen LogP contribution in [0, 0.1) is 0 Å². The van der Waals surface area contributed by atoms with Crippen molar-refractivity contribution in [3.63, 3.8) is 0 Å². The lowest BCUT2D eigenvalue weighted by atomic mass is 10.2. The molecule has 0 aromatic heterocycles. The highest BCUT2D eigenvalue weighted by Gasteiger charge is 2.14. The molecule has 1 rings (SSSR count). The predicted octanol–water partition coefficient (Wildman–Crippen LogP) is 2.40. The summed E-state index contributed by atoms with van der Waals surface area (Å²) in [5.41, 5.74) is 5.69. The molecule has 0 bridgehead atoms. The highest BCUT2D eigenvalue weighted by atomic mass is 35.5. The zero-order valence-electron chi connectivity index (χ0n) is 8.46. The topological polar surface area (TPSA) is 55.1 Å². The van der Waals surface area contributed by atoms with Gasteiger partial charge in [0, 0.05) is 5.02 Å². The number of hydrogen-bond acceptors (Lipinski definition) is 2. The molecule has 0 aliphatic heterocycles. The number of carbonyl (C=O) groups is 1. The molecule has 1 atom stereocenters. The van der Waals surface area contributed by atoms with E-state index in [9.17, 15) is 4.79 Å². The fourth-order valence-electron chi connectivity index (χ4n) is 1.02. The summed E-state index contributed by atoms with van der Waals surface area (Å²) in [7, 11) is 0. The van der Waals surface area contributed by atoms with E-state index in [2.05, 4.69) is 5.32 Å². The van der Waals surface area contributed by atoms with Gasteiger partial charge in [0.25, 0.3) is 5.91 Å². The molecule has 0 fully saturated rings. The van der Waals surface area contributed by atoms with Crippen LogP contribution in [0.3, 0.4) is 0 Å². The maximum atomic E-state index is 11.8. The van der Waals surface area contributed by atoms with Crippen LogP contribution < -0.4 is 11.1 Å². The smallest absolute Gasteiger partial charge is 0.253 e. The Kier molecular flexibility index (Phi) is 4.53. The average Bonchev–Trinajstić information content (AvgIpc) is 2.21. The van der Waals surface area contributed by atoms with Crippen LogP contribution in [-0.4, -0.2) is 16.9 Å². The first kappa shape index (κ1) is 13.2. The molecule has 1 aromatic carbocycles. The highest BCUT2D eigenvalue weighted by molar-refractivity contribution is 7.80. The summed E-state index contributed by atoms with van der Waals surface area (Å²) < 4.78 is 0. The molecule has 0 saturated heterocycles. The molecule has 3 N–H and O–H groups in total. The largest absolute Gasteiger partial charge is 0.392 e. The SMILES string of the molecule is CC(NC(=O)c1cc(Cl)ccc1Cl)C(N)=S. The lowest BCUT2D eigenvalue weighted by Crippen LogP contribution is -2.41. The monoisotopic (exact) mass is 276 g/mol. The molecule has 0 heterocycles. The lowest BCUT2D eigenvalue weighted by Gasteiger charge is -2.12. The van der Waals surface area contributed by atoms with Crippen molar-refractivity contribution in [1.29, 1.82) is 0 Å². The van der Waals surface area contributed by atoms with Gasteiger partial charge in [-0.1, -0.05) is 35.4 Å². The van der Waals surface area contributed by atoms with Gasteiger partial charge in [-0.05, 0) is 25.1 Å². The molecular formula is C10H10Cl2N2OS. The van der Waals surface area contributed by atoms with E-state index in [1.165, 1.54) is 6.07 Å². The molecule has 16 heavy (non-hydrogen) atoms. The third-order valence-electron chi connectivity index (χ3n) is 1.95. The molecule has 6 heteroatoms. The van der Waals surface area contributed by atoms with E-state index in [1.54, 1.807) is 19.1 Å². The van der Waals surface area contributed by atoms with Crippen molar-refractivity contribution in [2.45, 2.75) is 13.0 Å². The Labute approximate surface area is 109 Å². The van der Waals surface area contributed by atoms with Gasteiger partial charge in [0.2, 0.25) is 0 Å². The van der Waals surface area contributed by atoms with Crippen LogP contribution >= 0.6 is 35.4 Å². The number of nitrogens with two attached hydrogens (primary N) is 1. The molecular weight excluding hydrogens is 267 g/mol. The number of nitrogens with one attached hydrogen (secondary N) is 1. The Bertz CT molecular complexity index is 437. The van der Waals surface area contributed by atoms with E-state index in [0.29, 0.717) is 15.6 Å². The van der Waals surface area contributed by atoms with Gasteiger partial charge in [0.05, 0.1) is 21.6 Å². The molecule has 86 valence electrons. The molecule has 0 aliphatic rings. The summed E-state index contributed by atoms with van der Waals surface area (Å²) in [5, 5.41) is 3.39. The minimum atomic E-state index is -0.391. The first-order chi connectivity index (χ1) is 7.41. The second kappa shape index (κ2) is 5.48. The second-order valence-electron chi connectivity index (χ2n) is 3.22. The zero-order chi connectivity index (χ0) is 12.3. The summed E-state index contributed by atoms with van der Waals surface area (Å²) in [4.78, 5) is 12.0. The minimum Gasteiger partial charge on any atom is -0.392 e. The van der Waals surface area contributed by atoms with Crippen molar-refractivity contribution in [2.75, 3.05) is 0 Å². The number of hydrogen-bond donors (Lipinski definition) is 2. The Hall–Kier alpha value is -0.840. The molecule has 0 aliphatic carbocycles. The van der Waals surface area contributed by atoms with Gasteiger partial charge in [-0.15, -0.1) is 0 Å². The van der Waals surface area contributed by atoms with Gasteiger partial charge in [-0.25, -0.2) is 0 Å². The Morgan fingerprint density at radius 1 is 1.50 bits per heavy atom. The number of rotatable bonds is 3. The predicted molar refractivity (Wildman–Crippen MR) is 70.2 cm³/mol. The van der Waals surface area contributed by atoms with Crippen LogP contribution in [0.2, 0.25) is 10.0 Å². The zero-order valence-corrected chi connectivity index (χ0v) is 10.8. The Morgan fingerprint density at radius 3 is 2.69 bits per heavy atom. The third-order valence-corrected chi connectivity index (χ3v) is 2.87. The van der Waals surface area contributed by atoms with Gasteiger partial charge >= 0.3 is 0 Å². The first-order valence-electron chi connectivity index (χ1n) is 4.47. The van der Waals surface area contributed by atoms with Gasteiger partial charge in [-0.2, -0.15) is 0 Å². The van der Waals surface area contributed by atoms with Gasteiger partial charge in [0.1, 0.15) is 0 Å². The van der Waals surface area contributed by atoms with Crippen LogP contribution in [0.4, 0.5) is 0 Å². The summed E-state index contributed by atoms with van der Waals surface area (Å²) in [6.45, 7) is 1.69. The minimum absolute atomic E-state index is 0.214. The van der Waals surface area contributed by atoms with E-state index < -0.39 is 6.04 Å². The van der Waals surface area contributed by atoms with E-state index in [0.717, 1.165) is 0 Å². The maximum Gasteiger partial charge on any atom is 0.253 e. The van der Waals surface area contributed by atoms with Crippen LogP contribution in [-0.2, 0) is 0 Å². The van der Waals surface area contributed by atoms with E-state index in [-0.39, 0.29) is 10.9 Å². The van der Waals surface area contributed by atoms with Gasteiger partial charge in [0.15, 0.2) is 0 Å². The van der Waals surface area contributed by atoms with Gasteiger partial charge < -0.3 is 11.1 Å². The van der Waals surface area contributed by atoms with Crippen LogP contribution in [0.15, 0.2) is 18.2 Å². The third kappa shape index (κ3) is 3.33. The lowest BCUT2D eigenvalue weighted by molar-refractivity contribution is 0.0949. The van der Waals surface area contributed by atoms with Crippen molar-refractivity contribution >= 4 is 46.3 Å². The van der Waals surface area contributed by atoms with Crippen molar-refractivity contribution in [3.8, 4) is 0 Å². The summed E-state index contributed by atoms with van der Waals surface area (Å²) >= 11 is 16.4. The second-order valence-corrected chi connectivity index (χ2v) is 4.54. The average molecular weight is 277 g/mol.